The number of hydrogen-bond donors (Lipinski definition) is 3. The van der Waals surface area contributed by atoms with Gasteiger partial charge in [0.25, 0.3) is 0 Å². The summed E-state index contributed by atoms with van der Waals surface area (Å²) in [5.74, 6) is 0.551. The largest absolute Gasteiger partial charge is 0.355 e. The van der Waals surface area contributed by atoms with Crippen LogP contribution in [0.1, 0.15) is 18.4 Å². The Balaban J connectivity index is 1.42. The highest BCUT2D eigenvalue weighted by atomic mass is 16.1. The molecule has 0 aromatic heterocycles. The van der Waals surface area contributed by atoms with Crippen LogP contribution in [0.4, 0.5) is 5.69 Å². The number of nitrogens with one attached hydrogen (secondary N) is 3. The number of aliphatic imine (C=N–C) groups is 1. The maximum absolute atomic E-state index is 12.1. The number of benzene rings is 2. The number of carbonyl (C=O) groups is 1. The summed E-state index contributed by atoms with van der Waals surface area (Å²) < 4.78 is 0. The van der Waals surface area contributed by atoms with Gasteiger partial charge in [-0.05, 0) is 37.1 Å². The van der Waals surface area contributed by atoms with Crippen molar-refractivity contribution in [3.8, 4) is 0 Å². The predicted octanol–water partition coefficient (Wildman–Crippen LogP) is 2.45. The zero-order chi connectivity index (χ0) is 19.6. The normalized spacial score (nSPS) is 17.3. The summed E-state index contributed by atoms with van der Waals surface area (Å²) in [6.45, 7) is 3.07. The minimum atomic E-state index is -0.0966. The molecule has 6 nitrogen and oxygen atoms in total. The maximum atomic E-state index is 12.1. The van der Waals surface area contributed by atoms with Crippen LogP contribution in [0.2, 0.25) is 0 Å². The van der Waals surface area contributed by atoms with Crippen LogP contribution in [0.5, 0.6) is 0 Å². The summed E-state index contributed by atoms with van der Waals surface area (Å²) in [5.41, 5.74) is 2.13. The number of anilines is 1. The Morgan fingerprint density at radius 1 is 1.07 bits per heavy atom. The second-order valence-electron chi connectivity index (χ2n) is 6.97. The van der Waals surface area contributed by atoms with Gasteiger partial charge in [-0.1, -0.05) is 48.5 Å². The molecule has 148 valence electrons. The van der Waals surface area contributed by atoms with Crippen LogP contribution in [0.15, 0.2) is 65.7 Å². The Morgan fingerprint density at radius 3 is 2.50 bits per heavy atom. The summed E-state index contributed by atoms with van der Waals surface area (Å²) in [5, 5.41) is 9.31. The summed E-state index contributed by atoms with van der Waals surface area (Å²) in [6.07, 6.45) is 2.38. The van der Waals surface area contributed by atoms with Crippen LogP contribution in [0.3, 0.4) is 0 Å². The van der Waals surface area contributed by atoms with Gasteiger partial charge >= 0.3 is 0 Å². The number of guanidine groups is 1. The topological polar surface area (TPSA) is 68.8 Å². The zero-order valence-corrected chi connectivity index (χ0v) is 16.4. The summed E-state index contributed by atoms with van der Waals surface area (Å²) in [4.78, 5) is 18.8. The molecule has 3 N–H and O–H groups in total. The molecule has 1 heterocycles. The van der Waals surface area contributed by atoms with Gasteiger partial charge in [0.2, 0.25) is 5.91 Å². The Morgan fingerprint density at radius 2 is 1.79 bits per heavy atom. The van der Waals surface area contributed by atoms with E-state index in [-0.39, 0.29) is 12.5 Å². The van der Waals surface area contributed by atoms with E-state index in [0.717, 1.165) is 25.3 Å². The van der Waals surface area contributed by atoms with Crippen molar-refractivity contribution in [1.82, 2.24) is 15.5 Å². The molecular weight excluding hydrogens is 350 g/mol. The molecule has 1 aliphatic rings. The number of nitrogens with zero attached hydrogens (tertiary/aromatic N) is 2. The second kappa shape index (κ2) is 10.5. The first kappa shape index (κ1) is 19.9. The van der Waals surface area contributed by atoms with Gasteiger partial charge in [0, 0.05) is 31.9 Å². The number of para-hydroxylation sites is 1. The molecule has 0 spiro atoms. The molecule has 6 heteroatoms. The molecule has 1 atom stereocenters. The Labute approximate surface area is 167 Å². The lowest BCUT2D eigenvalue weighted by Gasteiger charge is -2.25. The molecule has 1 aliphatic heterocycles. The maximum Gasteiger partial charge on any atom is 0.243 e. The lowest BCUT2D eigenvalue weighted by molar-refractivity contribution is -0.115. The van der Waals surface area contributed by atoms with Crippen molar-refractivity contribution < 1.29 is 4.79 Å². The van der Waals surface area contributed by atoms with E-state index in [1.807, 2.05) is 30.3 Å². The van der Waals surface area contributed by atoms with E-state index in [1.165, 1.54) is 18.4 Å². The molecule has 3 rings (SSSR count). The Kier molecular flexibility index (Phi) is 7.44. The van der Waals surface area contributed by atoms with Crippen LogP contribution in [0, 0.1) is 0 Å². The average Bonchev–Trinajstić information content (AvgIpc) is 3.16. The van der Waals surface area contributed by atoms with Crippen LogP contribution in [0.25, 0.3) is 0 Å². The molecule has 1 unspecified atom stereocenters. The number of likely N-dealkylation sites (tertiary alicyclic amines) is 1. The minimum Gasteiger partial charge on any atom is -0.355 e. The molecule has 0 radical (unpaired) electrons. The fourth-order valence-corrected chi connectivity index (χ4v) is 3.48. The van der Waals surface area contributed by atoms with Crippen molar-refractivity contribution in [1.29, 1.82) is 0 Å². The van der Waals surface area contributed by atoms with Gasteiger partial charge in [0.15, 0.2) is 5.96 Å². The van der Waals surface area contributed by atoms with Crippen molar-refractivity contribution in [3.05, 3.63) is 66.2 Å². The summed E-state index contributed by atoms with van der Waals surface area (Å²) in [7, 11) is 1.72. The first-order valence-corrected chi connectivity index (χ1v) is 9.82. The van der Waals surface area contributed by atoms with Crippen molar-refractivity contribution in [2.75, 3.05) is 32.0 Å². The third-order valence-electron chi connectivity index (χ3n) is 4.93. The van der Waals surface area contributed by atoms with Crippen LogP contribution in [-0.2, 0) is 11.3 Å². The van der Waals surface area contributed by atoms with E-state index in [0.29, 0.717) is 12.0 Å². The molecule has 1 saturated heterocycles. The first-order chi connectivity index (χ1) is 13.7. The van der Waals surface area contributed by atoms with Crippen LogP contribution < -0.4 is 16.0 Å². The van der Waals surface area contributed by atoms with E-state index in [9.17, 15) is 4.79 Å². The SMILES string of the molecule is CN=C(NCC(=O)Nc1ccccc1)NCC1CCCN1Cc1ccccc1. The first-order valence-electron chi connectivity index (χ1n) is 9.82. The van der Waals surface area contributed by atoms with Crippen LogP contribution in [-0.4, -0.2) is 49.5 Å². The highest BCUT2D eigenvalue weighted by molar-refractivity contribution is 5.94. The summed E-state index contributed by atoms with van der Waals surface area (Å²) >= 11 is 0. The lowest BCUT2D eigenvalue weighted by atomic mass is 10.2. The van der Waals surface area contributed by atoms with E-state index in [1.54, 1.807) is 7.05 Å². The third-order valence-corrected chi connectivity index (χ3v) is 4.93. The van der Waals surface area contributed by atoms with Crippen molar-refractivity contribution in [2.24, 2.45) is 4.99 Å². The van der Waals surface area contributed by atoms with Gasteiger partial charge in [-0.3, -0.25) is 14.7 Å². The predicted molar refractivity (Wildman–Crippen MR) is 114 cm³/mol. The minimum absolute atomic E-state index is 0.0966. The number of rotatable bonds is 7. The number of amides is 1. The Hall–Kier alpha value is -2.86. The molecule has 0 bridgehead atoms. The Bertz CT molecular complexity index is 763. The van der Waals surface area contributed by atoms with Gasteiger partial charge < -0.3 is 16.0 Å². The van der Waals surface area contributed by atoms with Gasteiger partial charge in [-0.2, -0.15) is 0 Å². The highest BCUT2D eigenvalue weighted by Crippen LogP contribution is 2.19. The molecule has 1 fully saturated rings. The van der Waals surface area contributed by atoms with Gasteiger partial charge in [0.05, 0.1) is 6.54 Å². The fraction of sp³-hybridized carbons (Fsp3) is 0.364. The molecule has 1 amide bonds. The van der Waals surface area contributed by atoms with Gasteiger partial charge in [-0.15, -0.1) is 0 Å². The highest BCUT2D eigenvalue weighted by Gasteiger charge is 2.24. The molecule has 2 aromatic carbocycles. The molecule has 0 aliphatic carbocycles. The van der Waals surface area contributed by atoms with Crippen molar-refractivity contribution in [3.63, 3.8) is 0 Å². The average molecular weight is 380 g/mol. The van der Waals surface area contributed by atoms with Gasteiger partial charge in [-0.25, -0.2) is 0 Å². The molecular formula is C22H29N5O. The van der Waals surface area contributed by atoms with Crippen LogP contribution >= 0.6 is 0 Å². The van der Waals surface area contributed by atoms with E-state index in [2.05, 4.69) is 56.2 Å². The third kappa shape index (κ3) is 6.09. The fourth-order valence-electron chi connectivity index (χ4n) is 3.48. The number of carbonyl (C=O) groups excluding carboxylic acids is 1. The van der Waals surface area contributed by atoms with E-state index < -0.39 is 0 Å². The zero-order valence-electron chi connectivity index (χ0n) is 16.4. The van der Waals surface area contributed by atoms with Gasteiger partial charge in [0.1, 0.15) is 0 Å². The molecule has 2 aromatic rings. The second-order valence-corrected chi connectivity index (χ2v) is 6.97. The van der Waals surface area contributed by atoms with Crippen molar-refractivity contribution in [2.45, 2.75) is 25.4 Å². The lowest BCUT2D eigenvalue weighted by Crippen LogP contribution is -2.46. The molecule has 28 heavy (non-hydrogen) atoms. The number of hydrogen-bond acceptors (Lipinski definition) is 3. The standard InChI is InChI=1S/C22H29N5O/c1-23-22(25-16-21(28)26-19-11-6-3-7-12-19)24-15-20-13-8-14-27(20)17-18-9-4-2-5-10-18/h2-7,9-12,20H,8,13-17H2,1H3,(H,26,28)(H2,23,24,25). The summed E-state index contributed by atoms with van der Waals surface area (Å²) in [6, 6.07) is 20.5. The van der Waals surface area contributed by atoms with E-state index >= 15 is 0 Å². The smallest absolute Gasteiger partial charge is 0.243 e. The van der Waals surface area contributed by atoms with Crippen molar-refractivity contribution >= 4 is 17.6 Å². The molecule has 0 saturated carbocycles. The quantitative estimate of drug-likeness (QED) is 0.511. The van der Waals surface area contributed by atoms with E-state index in [4.69, 9.17) is 0 Å². The monoisotopic (exact) mass is 379 g/mol.